The Balaban J connectivity index is 2.08. The van der Waals surface area contributed by atoms with E-state index in [1.165, 1.54) is 0 Å². The molecule has 106 valence electrons. The van der Waals surface area contributed by atoms with Gasteiger partial charge in [-0.1, -0.05) is 12.1 Å². The lowest BCUT2D eigenvalue weighted by Crippen LogP contribution is -2.36. The van der Waals surface area contributed by atoms with Crippen molar-refractivity contribution in [2.24, 2.45) is 5.73 Å². The number of nitrogens with two attached hydrogens (primary N) is 1. The smallest absolute Gasteiger partial charge is 0.107 e. The molecule has 19 heavy (non-hydrogen) atoms. The molecular weight excluding hydrogens is 247 g/mol. The van der Waals surface area contributed by atoms with Crippen LogP contribution in [0.2, 0.25) is 0 Å². The Hall–Kier alpha value is -1.17. The van der Waals surface area contributed by atoms with Crippen molar-refractivity contribution in [2.45, 2.75) is 12.1 Å². The molecule has 4 nitrogen and oxygen atoms in total. The molecule has 1 fully saturated rings. The fourth-order valence-electron chi connectivity index (χ4n) is 2.34. The summed E-state index contributed by atoms with van der Waals surface area (Å²) in [5.41, 5.74) is 7.77. The molecule has 0 radical (unpaired) electrons. The fourth-order valence-corrected chi connectivity index (χ4v) is 2.34. The monoisotopic (exact) mass is 268 g/mol. The molecule has 0 saturated carbocycles. The molecule has 0 spiro atoms. The van der Waals surface area contributed by atoms with Crippen molar-refractivity contribution in [3.05, 3.63) is 29.8 Å². The number of anilines is 1. The van der Waals surface area contributed by atoms with Crippen molar-refractivity contribution in [1.29, 1.82) is 0 Å². The first kappa shape index (κ1) is 14.2. The van der Waals surface area contributed by atoms with Crippen LogP contribution in [-0.4, -0.2) is 46.1 Å². The van der Waals surface area contributed by atoms with Gasteiger partial charge in [-0.05, 0) is 17.7 Å². The van der Waals surface area contributed by atoms with E-state index in [1.54, 1.807) is 7.11 Å². The molecule has 2 N–H and O–H groups in total. The van der Waals surface area contributed by atoms with Crippen molar-refractivity contribution in [3.63, 3.8) is 0 Å². The van der Waals surface area contributed by atoms with Crippen molar-refractivity contribution in [2.75, 3.05) is 45.0 Å². The Kier molecular flexibility index (Phi) is 5.13. The van der Waals surface area contributed by atoms with Gasteiger partial charge in [0.05, 0.1) is 25.4 Å². The zero-order valence-electron chi connectivity index (χ0n) is 11.2. The summed E-state index contributed by atoms with van der Waals surface area (Å²) in [6, 6.07) is 7.33. The van der Waals surface area contributed by atoms with Gasteiger partial charge in [0.1, 0.15) is 6.67 Å². The maximum absolute atomic E-state index is 12.7. The minimum atomic E-state index is -0.626. The van der Waals surface area contributed by atoms with E-state index >= 15 is 0 Å². The molecular formula is C14H21FN2O2. The standard InChI is InChI=1S/C14H21FN2O2/c1-18-14(13(16)10-15)11-2-4-12(5-3-11)17-6-8-19-9-7-17/h2-5,13-14H,6-10,16H2,1H3/t13-,14-/m1/s1. The molecule has 0 aromatic heterocycles. The van der Waals surface area contributed by atoms with Crippen LogP contribution in [0, 0.1) is 0 Å². The maximum Gasteiger partial charge on any atom is 0.107 e. The molecule has 2 rings (SSSR count). The number of hydrogen-bond acceptors (Lipinski definition) is 4. The zero-order chi connectivity index (χ0) is 13.7. The van der Waals surface area contributed by atoms with Gasteiger partial charge in [-0.15, -0.1) is 0 Å². The molecule has 0 unspecified atom stereocenters. The lowest BCUT2D eigenvalue weighted by atomic mass is 10.0. The Morgan fingerprint density at radius 2 is 1.95 bits per heavy atom. The molecule has 1 aliphatic heterocycles. The van der Waals surface area contributed by atoms with E-state index in [-0.39, 0.29) is 0 Å². The van der Waals surface area contributed by atoms with Gasteiger partial charge in [0.15, 0.2) is 0 Å². The van der Waals surface area contributed by atoms with E-state index in [2.05, 4.69) is 4.90 Å². The normalized spacial score (nSPS) is 19.2. The number of halogens is 1. The number of hydrogen-bond donors (Lipinski definition) is 1. The number of benzene rings is 1. The first-order chi connectivity index (χ1) is 9.26. The van der Waals surface area contributed by atoms with Crippen LogP contribution in [0.4, 0.5) is 10.1 Å². The first-order valence-electron chi connectivity index (χ1n) is 6.53. The summed E-state index contributed by atoms with van der Waals surface area (Å²) in [5, 5.41) is 0. The van der Waals surface area contributed by atoms with Crippen molar-refractivity contribution in [1.82, 2.24) is 0 Å². The number of nitrogens with zero attached hydrogens (tertiary/aromatic N) is 1. The molecule has 1 aromatic rings. The Morgan fingerprint density at radius 3 is 2.47 bits per heavy atom. The second-order valence-electron chi connectivity index (χ2n) is 4.67. The Morgan fingerprint density at radius 1 is 1.32 bits per heavy atom. The third-order valence-corrected chi connectivity index (χ3v) is 3.42. The molecule has 2 atom stereocenters. The van der Waals surface area contributed by atoms with E-state index in [4.69, 9.17) is 15.2 Å². The molecule has 0 bridgehead atoms. The van der Waals surface area contributed by atoms with E-state index < -0.39 is 18.8 Å². The summed E-state index contributed by atoms with van der Waals surface area (Å²) >= 11 is 0. The minimum absolute atomic E-state index is 0.399. The van der Waals surface area contributed by atoms with E-state index in [0.29, 0.717) is 0 Å². The van der Waals surface area contributed by atoms with Crippen molar-refractivity contribution >= 4 is 5.69 Å². The van der Waals surface area contributed by atoms with E-state index in [9.17, 15) is 4.39 Å². The summed E-state index contributed by atoms with van der Waals surface area (Å²) in [6.45, 7) is 2.72. The summed E-state index contributed by atoms with van der Waals surface area (Å²) in [7, 11) is 1.55. The number of morpholine rings is 1. The molecule has 5 heteroatoms. The summed E-state index contributed by atoms with van der Waals surface area (Å²) in [4.78, 5) is 2.27. The van der Waals surface area contributed by atoms with Gasteiger partial charge in [0, 0.05) is 25.9 Å². The largest absolute Gasteiger partial charge is 0.378 e. The number of rotatable bonds is 5. The van der Waals surface area contributed by atoms with Gasteiger partial charge in [-0.3, -0.25) is 0 Å². The van der Waals surface area contributed by atoms with Crippen molar-refractivity contribution in [3.8, 4) is 0 Å². The van der Waals surface area contributed by atoms with Crippen LogP contribution in [-0.2, 0) is 9.47 Å². The molecule has 1 saturated heterocycles. The van der Waals surface area contributed by atoms with Crippen LogP contribution >= 0.6 is 0 Å². The van der Waals surface area contributed by atoms with Crippen LogP contribution in [0.1, 0.15) is 11.7 Å². The summed E-state index contributed by atoms with van der Waals surface area (Å²) < 4.78 is 23.3. The highest BCUT2D eigenvalue weighted by Gasteiger charge is 2.19. The molecule has 1 aliphatic rings. The zero-order valence-corrected chi connectivity index (χ0v) is 11.2. The third-order valence-electron chi connectivity index (χ3n) is 3.42. The van der Waals surface area contributed by atoms with Gasteiger partial charge in [-0.2, -0.15) is 0 Å². The topological polar surface area (TPSA) is 47.7 Å². The molecule has 1 heterocycles. The lowest BCUT2D eigenvalue weighted by Gasteiger charge is -2.29. The maximum atomic E-state index is 12.7. The highest BCUT2D eigenvalue weighted by atomic mass is 19.1. The van der Waals surface area contributed by atoms with Crippen LogP contribution in [0.25, 0.3) is 0 Å². The van der Waals surface area contributed by atoms with Gasteiger partial charge in [0.2, 0.25) is 0 Å². The van der Waals surface area contributed by atoms with Gasteiger partial charge >= 0.3 is 0 Å². The SMILES string of the molecule is CO[C@H](c1ccc(N2CCOCC2)cc1)[C@H](N)CF. The Bertz CT molecular complexity index is 380. The molecule has 0 aliphatic carbocycles. The lowest BCUT2D eigenvalue weighted by molar-refractivity contribution is 0.0721. The van der Waals surface area contributed by atoms with Crippen molar-refractivity contribution < 1.29 is 13.9 Å². The minimum Gasteiger partial charge on any atom is -0.378 e. The summed E-state index contributed by atoms with van der Waals surface area (Å²) in [6.07, 6.45) is -0.399. The third kappa shape index (κ3) is 3.43. The second kappa shape index (κ2) is 6.84. The first-order valence-corrected chi connectivity index (χ1v) is 6.53. The number of alkyl halides is 1. The highest BCUT2D eigenvalue weighted by Crippen LogP contribution is 2.23. The molecule has 0 amide bonds. The van der Waals surface area contributed by atoms with Crippen LogP contribution in [0.15, 0.2) is 24.3 Å². The predicted molar refractivity (Wildman–Crippen MR) is 73.2 cm³/mol. The number of ether oxygens (including phenoxy) is 2. The highest BCUT2D eigenvalue weighted by molar-refractivity contribution is 5.48. The van der Waals surface area contributed by atoms with Gasteiger partial charge in [0.25, 0.3) is 0 Å². The van der Waals surface area contributed by atoms with Gasteiger partial charge < -0.3 is 20.1 Å². The Labute approximate surface area is 113 Å². The quantitative estimate of drug-likeness (QED) is 0.879. The second-order valence-corrected chi connectivity index (χ2v) is 4.67. The summed E-state index contributed by atoms with van der Waals surface area (Å²) in [5.74, 6) is 0. The fraction of sp³-hybridized carbons (Fsp3) is 0.571. The van der Waals surface area contributed by atoms with Gasteiger partial charge in [-0.25, -0.2) is 4.39 Å². The van der Waals surface area contributed by atoms with Crippen LogP contribution < -0.4 is 10.6 Å². The van der Waals surface area contributed by atoms with E-state index in [1.807, 2.05) is 24.3 Å². The molecule has 1 aromatic carbocycles. The van der Waals surface area contributed by atoms with Crippen LogP contribution in [0.3, 0.4) is 0 Å². The number of methoxy groups -OCH3 is 1. The predicted octanol–water partition coefficient (Wildman–Crippen LogP) is 1.51. The average molecular weight is 268 g/mol. The van der Waals surface area contributed by atoms with E-state index in [0.717, 1.165) is 37.6 Å². The van der Waals surface area contributed by atoms with Crippen LogP contribution in [0.5, 0.6) is 0 Å². The average Bonchev–Trinajstić information content (AvgIpc) is 2.49.